The number of pyridine rings is 1. The molecular weight excluding hydrogens is 334 g/mol. The van der Waals surface area contributed by atoms with E-state index in [0.29, 0.717) is 25.1 Å². The maximum Gasteiger partial charge on any atom is 0.324 e. The molecule has 26 heavy (non-hydrogen) atoms. The molecule has 0 radical (unpaired) electrons. The summed E-state index contributed by atoms with van der Waals surface area (Å²) < 4.78 is 0. The fourth-order valence-electron chi connectivity index (χ4n) is 3.15. The van der Waals surface area contributed by atoms with Crippen molar-refractivity contribution in [2.45, 2.75) is 18.9 Å². The topological polar surface area (TPSA) is 102 Å². The van der Waals surface area contributed by atoms with E-state index in [0.717, 1.165) is 31.7 Å². The minimum absolute atomic E-state index is 0.0840. The van der Waals surface area contributed by atoms with Gasteiger partial charge in [0.2, 0.25) is 5.91 Å². The zero-order valence-corrected chi connectivity index (χ0v) is 14.9. The number of urea groups is 1. The molecule has 9 nitrogen and oxygen atoms in total. The number of imide groups is 1. The number of rotatable bonds is 5. The summed E-state index contributed by atoms with van der Waals surface area (Å²) in [5.41, 5.74) is 0. The lowest BCUT2D eigenvalue weighted by atomic mass is 10.1. The van der Waals surface area contributed by atoms with Crippen molar-refractivity contribution in [3.05, 3.63) is 24.4 Å². The SMILES string of the molecule is CN=C(NCCN1C(=O)CNC1=O)NC1CCN(c2ccccn2)CC1. The third-order valence-electron chi connectivity index (χ3n) is 4.60. The Bertz CT molecular complexity index is 640. The summed E-state index contributed by atoms with van der Waals surface area (Å²) in [6.45, 7) is 2.75. The highest BCUT2D eigenvalue weighted by atomic mass is 16.2. The minimum atomic E-state index is -0.332. The Morgan fingerprint density at radius 2 is 2.15 bits per heavy atom. The van der Waals surface area contributed by atoms with E-state index in [-0.39, 0.29) is 18.5 Å². The van der Waals surface area contributed by atoms with Crippen LogP contribution in [0.3, 0.4) is 0 Å². The summed E-state index contributed by atoms with van der Waals surface area (Å²) in [5.74, 6) is 1.51. The third kappa shape index (κ3) is 4.41. The first-order chi connectivity index (χ1) is 12.7. The summed E-state index contributed by atoms with van der Waals surface area (Å²) >= 11 is 0. The summed E-state index contributed by atoms with van der Waals surface area (Å²) in [6.07, 6.45) is 3.80. The normalized spacial score (nSPS) is 18.9. The van der Waals surface area contributed by atoms with Crippen molar-refractivity contribution >= 4 is 23.7 Å². The predicted octanol–water partition coefficient (Wildman–Crippen LogP) is -0.233. The van der Waals surface area contributed by atoms with E-state index < -0.39 is 0 Å². The minimum Gasteiger partial charge on any atom is -0.356 e. The lowest BCUT2D eigenvalue weighted by molar-refractivity contribution is -0.124. The van der Waals surface area contributed by atoms with Crippen LogP contribution in [0.1, 0.15) is 12.8 Å². The van der Waals surface area contributed by atoms with E-state index >= 15 is 0 Å². The van der Waals surface area contributed by atoms with Crippen LogP contribution in [0, 0.1) is 0 Å². The summed E-state index contributed by atoms with van der Waals surface area (Å²) in [6, 6.07) is 5.96. The number of aromatic nitrogens is 1. The lowest BCUT2D eigenvalue weighted by Crippen LogP contribution is -2.50. The number of piperidine rings is 1. The first-order valence-electron chi connectivity index (χ1n) is 8.88. The molecule has 0 aromatic carbocycles. The number of amides is 3. The highest BCUT2D eigenvalue weighted by molar-refractivity contribution is 6.01. The second-order valence-electron chi connectivity index (χ2n) is 6.30. The summed E-state index contributed by atoms with van der Waals surface area (Å²) in [4.78, 5) is 35.2. The Morgan fingerprint density at radius 3 is 2.77 bits per heavy atom. The summed E-state index contributed by atoms with van der Waals surface area (Å²) in [7, 11) is 1.71. The molecule has 3 amide bonds. The maximum atomic E-state index is 11.6. The molecule has 0 unspecified atom stereocenters. The molecule has 140 valence electrons. The molecule has 1 aromatic rings. The Kier molecular flexibility index (Phi) is 5.88. The van der Waals surface area contributed by atoms with Crippen molar-refractivity contribution in [2.75, 3.05) is 44.7 Å². The summed E-state index contributed by atoms with van der Waals surface area (Å²) in [5, 5.41) is 9.09. The van der Waals surface area contributed by atoms with Crippen LogP contribution in [0.4, 0.5) is 10.6 Å². The molecule has 0 bridgehead atoms. The molecule has 0 atom stereocenters. The first kappa shape index (κ1) is 18.0. The Labute approximate surface area is 152 Å². The second kappa shape index (κ2) is 8.50. The van der Waals surface area contributed by atoms with Gasteiger partial charge in [-0.2, -0.15) is 0 Å². The van der Waals surface area contributed by atoms with Gasteiger partial charge in [-0.15, -0.1) is 0 Å². The number of nitrogens with one attached hydrogen (secondary N) is 3. The monoisotopic (exact) mass is 359 g/mol. The van der Waals surface area contributed by atoms with Crippen LogP contribution in [-0.2, 0) is 4.79 Å². The molecule has 2 saturated heterocycles. The van der Waals surface area contributed by atoms with Crippen molar-refractivity contribution in [1.82, 2.24) is 25.8 Å². The van der Waals surface area contributed by atoms with E-state index in [1.807, 2.05) is 24.4 Å². The number of carbonyl (C=O) groups excluding carboxylic acids is 2. The molecule has 0 saturated carbocycles. The third-order valence-corrected chi connectivity index (χ3v) is 4.60. The molecular formula is C17H25N7O2. The number of nitrogens with zero attached hydrogens (tertiary/aromatic N) is 4. The van der Waals surface area contributed by atoms with Gasteiger partial charge < -0.3 is 20.9 Å². The molecule has 0 spiro atoms. The quantitative estimate of drug-likeness (QED) is 0.381. The van der Waals surface area contributed by atoms with Crippen molar-refractivity contribution in [3.63, 3.8) is 0 Å². The van der Waals surface area contributed by atoms with Gasteiger partial charge >= 0.3 is 6.03 Å². The van der Waals surface area contributed by atoms with E-state index in [1.165, 1.54) is 4.90 Å². The number of guanidine groups is 1. The van der Waals surface area contributed by atoms with Gasteiger partial charge in [-0.25, -0.2) is 9.78 Å². The van der Waals surface area contributed by atoms with Crippen molar-refractivity contribution in [2.24, 2.45) is 4.99 Å². The van der Waals surface area contributed by atoms with Gasteiger partial charge in [0.25, 0.3) is 0 Å². The maximum absolute atomic E-state index is 11.6. The van der Waals surface area contributed by atoms with Crippen LogP contribution in [0.25, 0.3) is 0 Å². The van der Waals surface area contributed by atoms with Crippen LogP contribution in [0.5, 0.6) is 0 Å². The largest absolute Gasteiger partial charge is 0.356 e. The number of hydrogen-bond acceptors (Lipinski definition) is 5. The van der Waals surface area contributed by atoms with Gasteiger partial charge in [-0.05, 0) is 25.0 Å². The molecule has 1 aromatic heterocycles. The molecule has 2 fully saturated rings. The van der Waals surface area contributed by atoms with Gasteiger partial charge in [0.15, 0.2) is 5.96 Å². The highest BCUT2D eigenvalue weighted by Gasteiger charge is 2.27. The van der Waals surface area contributed by atoms with Crippen LogP contribution in [0.2, 0.25) is 0 Å². The molecule has 9 heteroatoms. The zero-order chi connectivity index (χ0) is 18.4. The van der Waals surface area contributed by atoms with Crippen LogP contribution in [-0.4, -0.2) is 73.6 Å². The van der Waals surface area contributed by atoms with E-state index in [4.69, 9.17) is 0 Å². The van der Waals surface area contributed by atoms with Crippen molar-refractivity contribution < 1.29 is 9.59 Å². The molecule has 2 aliphatic heterocycles. The van der Waals surface area contributed by atoms with Gasteiger partial charge in [-0.3, -0.25) is 14.7 Å². The number of carbonyl (C=O) groups is 2. The van der Waals surface area contributed by atoms with Crippen LogP contribution < -0.4 is 20.9 Å². The number of aliphatic imine (C=N–C) groups is 1. The number of hydrogen-bond donors (Lipinski definition) is 3. The van der Waals surface area contributed by atoms with Gasteiger partial charge in [0, 0.05) is 45.5 Å². The Morgan fingerprint density at radius 1 is 1.35 bits per heavy atom. The average molecular weight is 359 g/mol. The number of anilines is 1. The van der Waals surface area contributed by atoms with E-state index in [2.05, 4.69) is 30.8 Å². The average Bonchev–Trinajstić information content (AvgIpc) is 3.00. The smallest absolute Gasteiger partial charge is 0.324 e. The zero-order valence-electron chi connectivity index (χ0n) is 14.9. The molecule has 3 heterocycles. The van der Waals surface area contributed by atoms with Gasteiger partial charge in [-0.1, -0.05) is 6.07 Å². The van der Waals surface area contributed by atoms with Crippen molar-refractivity contribution in [1.29, 1.82) is 0 Å². The van der Waals surface area contributed by atoms with E-state index in [1.54, 1.807) is 7.05 Å². The fourth-order valence-corrected chi connectivity index (χ4v) is 3.15. The molecule has 2 aliphatic rings. The van der Waals surface area contributed by atoms with Gasteiger partial charge in [0.1, 0.15) is 5.82 Å². The lowest BCUT2D eigenvalue weighted by Gasteiger charge is -2.33. The Hall–Kier alpha value is -2.84. The standard InChI is InChI=1S/C17H25N7O2/c1-18-16(20-8-11-24-15(25)12-21-17(24)26)22-13-5-9-23(10-6-13)14-4-2-3-7-19-14/h2-4,7,13H,5-6,8-12H2,1H3,(H,21,26)(H2,18,20,22). The predicted molar refractivity (Wildman–Crippen MR) is 99.1 cm³/mol. The highest BCUT2D eigenvalue weighted by Crippen LogP contribution is 2.17. The van der Waals surface area contributed by atoms with Crippen LogP contribution in [0.15, 0.2) is 29.4 Å². The first-order valence-corrected chi connectivity index (χ1v) is 8.88. The molecule has 0 aliphatic carbocycles. The second-order valence-corrected chi connectivity index (χ2v) is 6.30. The molecule has 3 rings (SSSR count). The Balaban J connectivity index is 1.40. The molecule has 3 N–H and O–H groups in total. The van der Waals surface area contributed by atoms with E-state index in [9.17, 15) is 9.59 Å². The fraction of sp³-hybridized carbons (Fsp3) is 0.529. The van der Waals surface area contributed by atoms with Crippen molar-refractivity contribution in [3.8, 4) is 0 Å². The van der Waals surface area contributed by atoms with Gasteiger partial charge in [0.05, 0.1) is 6.54 Å². The van der Waals surface area contributed by atoms with Crippen LogP contribution >= 0.6 is 0 Å².